The molecule has 2 aromatic rings. The molecule has 24 heavy (non-hydrogen) atoms. The van der Waals surface area contributed by atoms with Gasteiger partial charge in [-0.2, -0.15) is 0 Å². The second-order valence-electron chi connectivity index (χ2n) is 5.60. The highest BCUT2D eigenvalue weighted by atomic mass is 79.9. The molecule has 2 aromatic carbocycles. The van der Waals surface area contributed by atoms with Gasteiger partial charge < -0.3 is 5.32 Å². The van der Waals surface area contributed by atoms with E-state index in [2.05, 4.69) is 21.2 Å². The Labute approximate surface area is 148 Å². The van der Waals surface area contributed by atoms with Crippen molar-refractivity contribution >= 4 is 33.2 Å². The molecule has 0 atom stereocenters. The van der Waals surface area contributed by atoms with E-state index < -0.39 is 4.92 Å². The highest BCUT2D eigenvalue weighted by Crippen LogP contribution is 2.21. The molecule has 0 radical (unpaired) electrons. The van der Waals surface area contributed by atoms with Crippen LogP contribution >= 0.6 is 15.9 Å². The summed E-state index contributed by atoms with van der Waals surface area (Å²) in [7, 11) is 1.87. The Kier molecular flexibility index (Phi) is 6.05. The lowest BCUT2D eigenvalue weighted by molar-refractivity contribution is -0.384. The molecule has 0 aromatic heterocycles. The number of hydrogen-bond acceptors (Lipinski definition) is 4. The number of rotatable bonds is 6. The number of nitro groups is 1. The molecule has 0 aliphatic rings. The summed E-state index contributed by atoms with van der Waals surface area (Å²) < 4.78 is 1.01. The van der Waals surface area contributed by atoms with Crippen molar-refractivity contribution in [3.63, 3.8) is 0 Å². The minimum absolute atomic E-state index is 0.0119. The molecule has 0 fully saturated rings. The molecule has 0 unspecified atom stereocenters. The average Bonchev–Trinajstić information content (AvgIpc) is 2.51. The molecule has 0 heterocycles. The molecular weight excluding hydrogens is 374 g/mol. The summed E-state index contributed by atoms with van der Waals surface area (Å²) in [4.78, 5) is 24.3. The Bertz CT molecular complexity index is 747. The monoisotopic (exact) mass is 391 g/mol. The Morgan fingerprint density at radius 1 is 1.25 bits per heavy atom. The van der Waals surface area contributed by atoms with Crippen LogP contribution in [0.4, 0.5) is 11.4 Å². The van der Waals surface area contributed by atoms with E-state index in [1.54, 1.807) is 13.0 Å². The maximum Gasteiger partial charge on any atom is 0.269 e. The number of non-ortho nitro benzene ring substituents is 1. The highest BCUT2D eigenvalue weighted by molar-refractivity contribution is 9.10. The fraction of sp³-hybridized carbons (Fsp3) is 0.235. The first-order chi connectivity index (χ1) is 11.3. The predicted molar refractivity (Wildman–Crippen MR) is 96.9 cm³/mol. The Morgan fingerprint density at radius 2 is 1.92 bits per heavy atom. The first kappa shape index (κ1) is 18.1. The number of carbonyl (C=O) groups excluding carboxylic acids is 1. The molecule has 1 amide bonds. The number of likely N-dealkylation sites (N-methyl/N-ethyl adjacent to an activating group) is 1. The van der Waals surface area contributed by atoms with Crippen LogP contribution in [0.3, 0.4) is 0 Å². The lowest BCUT2D eigenvalue weighted by Crippen LogP contribution is -2.30. The first-order valence-corrected chi connectivity index (χ1v) is 8.12. The molecule has 126 valence electrons. The molecule has 0 bridgehead atoms. The van der Waals surface area contributed by atoms with Gasteiger partial charge in [-0.1, -0.05) is 28.1 Å². The van der Waals surface area contributed by atoms with Gasteiger partial charge in [0.15, 0.2) is 0 Å². The van der Waals surface area contributed by atoms with Crippen molar-refractivity contribution in [1.82, 2.24) is 4.90 Å². The van der Waals surface area contributed by atoms with E-state index in [1.807, 2.05) is 36.2 Å². The quantitative estimate of drug-likeness (QED) is 0.600. The van der Waals surface area contributed by atoms with Gasteiger partial charge in [0.1, 0.15) is 0 Å². The number of halogens is 1. The molecule has 0 saturated heterocycles. The predicted octanol–water partition coefficient (Wildman–Crippen LogP) is 3.74. The van der Waals surface area contributed by atoms with E-state index in [-0.39, 0.29) is 18.1 Å². The van der Waals surface area contributed by atoms with E-state index in [4.69, 9.17) is 0 Å². The van der Waals surface area contributed by atoms with Crippen molar-refractivity contribution < 1.29 is 9.72 Å². The summed E-state index contributed by atoms with van der Waals surface area (Å²) in [5, 5.41) is 13.5. The maximum atomic E-state index is 12.1. The topological polar surface area (TPSA) is 75.5 Å². The van der Waals surface area contributed by atoms with Gasteiger partial charge in [0.05, 0.1) is 11.5 Å². The van der Waals surface area contributed by atoms with Crippen LogP contribution in [0.1, 0.15) is 11.1 Å². The van der Waals surface area contributed by atoms with Crippen molar-refractivity contribution in [3.8, 4) is 0 Å². The third-order valence-electron chi connectivity index (χ3n) is 3.47. The Morgan fingerprint density at radius 3 is 2.50 bits per heavy atom. The van der Waals surface area contributed by atoms with Crippen molar-refractivity contribution in [2.24, 2.45) is 0 Å². The fourth-order valence-corrected chi connectivity index (χ4v) is 2.56. The first-order valence-electron chi connectivity index (χ1n) is 7.33. The second kappa shape index (κ2) is 8.03. The fourth-order valence-electron chi connectivity index (χ4n) is 2.29. The molecular formula is C17H18BrN3O3. The van der Waals surface area contributed by atoms with Crippen LogP contribution in [-0.4, -0.2) is 29.3 Å². The second-order valence-corrected chi connectivity index (χ2v) is 6.52. The SMILES string of the molecule is Cc1cc([N+](=O)[O-])ccc1NC(=O)CN(C)Cc1ccc(Br)cc1. The average molecular weight is 392 g/mol. The van der Waals surface area contributed by atoms with E-state index in [0.29, 0.717) is 17.8 Å². The number of anilines is 1. The van der Waals surface area contributed by atoms with Crippen LogP contribution in [0.2, 0.25) is 0 Å². The third-order valence-corrected chi connectivity index (χ3v) is 4.00. The van der Waals surface area contributed by atoms with Crippen molar-refractivity contribution in [1.29, 1.82) is 0 Å². The standard InChI is InChI=1S/C17H18BrN3O3/c1-12-9-15(21(23)24)7-8-16(12)19-17(22)11-20(2)10-13-3-5-14(18)6-4-13/h3-9H,10-11H2,1-2H3,(H,19,22). The van der Waals surface area contributed by atoms with Gasteiger partial charge in [0.25, 0.3) is 5.69 Å². The zero-order valence-corrected chi connectivity index (χ0v) is 15.0. The summed E-state index contributed by atoms with van der Waals surface area (Å²) in [6.07, 6.45) is 0. The summed E-state index contributed by atoms with van der Waals surface area (Å²) >= 11 is 3.39. The van der Waals surface area contributed by atoms with Crippen LogP contribution in [0.5, 0.6) is 0 Å². The lowest BCUT2D eigenvalue weighted by Gasteiger charge is -2.17. The highest BCUT2D eigenvalue weighted by Gasteiger charge is 2.12. The maximum absolute atomic E-state index is 12.1. The summed E-state index contributed by atoms with van der Waals surface area (Å²) in [6, 6.07) is 12.3. The summed E-state index contributed by atoms with van der Waals surface area (Å²) in [6.45, 7) is 2.61. The van der Waals surface area contributed by atoms with Crippen LogP contribution in [0.15, 0.2) is 46.9 Å². The Hall–Kier alpha value is -2.25. The number of hydrogen-bond donors (Lipinski definition) is 1. The zero-order valence-electron chi connectivity index (χ0n) is 13.5. The lowest BCUT2D eigenvalue weighted by atomic mass is 10.2. The smallest absolute Gasteiger partial charge is 0.269 e. The minimum atomic E-state index is -0.454. The van der Waals surface area contributed by atoms with Gasteiger partial charge >= 0.3 is 0 Å². The van der Waals surface area contributed by atoms with Crippen molar-refractivity contribution in [2.75, 3.05) is 18.9 Å². The van der Waals surface area contributed by atoms with Gasteiger partial charge in [-0.15, -0.1) is 0 Å². The molecule has 2 rings (SSSR count). The van der Waals surface area contributed by atoms with Gasteiger partial charge in [-0.25, -0.2) is 0 Å². The van der Waals surface area contributed by atoms with Crippen LogP contribution in [0.25, 0.3) is 0 Å². The normalized spacial score (nSPS) is 10.7. The van der Waals surface area contributed by atoms with Gasteiger partial charge in [0, 0.05) is 28.8 Å². The van der Waals surface area contributed by atoms with Gasteiger partial charge in [-0.05, 0) is 43.3 Å². The molecule has 0 aliphatic heterocycles. The van der Waals surface area contributed by atoms with Gasteiger partial charge in [-0.3, -0.25) is 19.8 Å². The number of nitrogens with zero attached hydrogens (tertiary/aromatic N) is 2. The van der Waals surface area contributed by atoms with Crippen molar-refractivity contribution in [3.05, 3.63) is 68.2 Å². The number of aryl methyl sites for hydroxylation is 1. The third kappa shape index (κ3) is 5.14. The van der Waals surface area contributed by atoms with Crippen LogP contribution in [0, 0.1) is 17.0 Å². The van der Waals surface area contributed by atoms with Gasteiger partial charge in [0.2, 0.25) is 5.91 Å². The summed E-state index contributed by atoms with van der Waals surface area (Å²) in [5.41, 5.74) is 2.37. The van der Waals surface area contributed by atoms with Crippen LogP contribution in [-0.2, 0) is 11.3 Å². The number of carbonyl (C=O) groups is 1. The Balaban J connectivity index is 1.92. The number of nitro benzene ring substituents is 1. The number of nitrogens with one attached hydrogen (secondary N) is 1. The molecule has 0 saturated carbocycles. The number of benzene rings is 2. The molecule has 6 nitrogen and oxygen atoms in total. The zero-order chi connectivity index (χ0) is 17.7. The molecule has 1 N–H and O–H groups in total. The minimum Gasteiger partial charge on any atom is -0.325 e. The van der Waals surface area contributed by atoms with E-state index >= 15 is 0 Å². The van der Waals surface area contributed by atoms with Crippen LogP contribution < -0.4 is 5.32 Å². The van der Waals surface area contributed by atoms with Crippen molar-refractivity contribution in [2.45, 2.75) is 13.5 Å². The molecule has 7 heteroatoms. The number of amides is 1. The van der Waals surface area contributed by atoms with E-state index in [1.165, 1.54) is 12.1 Å². The van der Waals surface area contributed by atoms with E-state index in [0.717, 1.165) is 10.0 Å². The molecule has 0 aliphatic carbocycles. The summed E-state index contributed by atoms with van der Waals surface area (Å²) in [5.74, 6) is -0.161. The molecule has 0 spiro atoms. The largest absolute Gasteiger partial charge is 0.325 e. The van der Waals surface area contributed by atoms with E-state index in [9.17, 15) is 14.9 Å².